The Labute approximate surface area is 202 Å². The van der Waals surface area contributed by atoms with Crippen LogP contribution in [0.1, 0.15) is 38.7 Å². The van der Waals surface area contributed by atoms with Crippen molar-refractivity contribution < 1.29 is 22.9 Å². The number of alkyl halides is 3. The average Bonchev–Trinajstić information content (AvgIpc) is 3.34. The van der Waals surface area contributed by atoms with Crippen LogP contribution in [0.3, 0.4) is 0 Å². The maximum atomic E-state index is 13.8. The highest BCUT2D eigenvalue weighted by atomic mass is 19.4. The minimum absolute atomic E-state index is 0.0271. The Morgan fingerprint density at radius 1 is 1.08 bits per heavy atom. The molecular weight excluding hydrogens is 479 g/mol. The van der Waals surface area contributed by atoms with Gasteiger partial charge in [0.05, 0.1) is 17.2 Å². The normalized spacial score (nSPS) is 11.8. The maximum Gasteiger partial charge on any atom is 0.433 e. The molecule has 1 aromatic carbocycles. The molecular formula is C23H22F3N7O3. The van der Waals surface area contributed by atoms with E-state index in [0.717, 1.165) is 17.2 Å². The summed E-state index contributed by atoms with van der Waals surface area (Å²) < 4.78 is 43.5. The van der Waals surface area contributed by atoms with E-state index >= 15 is 0 Å². The number of halogens is 3. The lowest BCUT2D eigenvalue weighted by molar-refractivity contribution is -0.386. The number of nitrogens with one attached hydrogen (secondary N) is 1. The molecule has 13 heteroatoms. The summed E-state index contributed by atoms with van der Waals surface area (Å²) in [6.07, 6.45) is -4.74. The Kier molecular flexibility index (Phi) is 6.24. The van der Waals surface area contributed by atoms with Gasteiger partial charge < -0.3 is 5.32 Å². The fourth-order valence-electron chi connectivity index (χ4n) is 3.87. The third kappa shape index (κ3) is 4.63. The number of amides is 1. The first-order valence-electron chi connectivity index (χ1n) is 10.9. The minimum atomic E-state index is -4.74. The minimum Gasteiger partial charge on any atom is -0.349 e. The first-order chi connectivity index (χ1) is 16.9. The summed E-state index contributed by atoms with van der Waals surface area (Å²) in [5.74, 6) is -0.711. The average molecular weight is 501 g/mol. The largest absolute Gasteiger partial charge is 0.433 e. The van der Waals surface area contributed by atoms with Crippen LogP contribution in [-0.4, -0.2) is 41.8 Å². The van der Waals surface area contributed by atoms with Gasteiger partial charge in [0.25, 0.3) is 5.91 Å². The number of fused-ring (bicyclic) bond motifs is 1. The van der Waals surface area contributed by atoms with Gasteiger partial charge in [0.1, 0.15) is 11.4 Å². The van der Waals surface area contributed by atoms with Gasteiger partial charge in [0.15, 0.2) is 17.0 Å². The third-order valence-electron chi connectivity index (χ3n) is 5.89. The standard InChI is InChI=1S/C23H22F3N7O3/c1-12-5-6-16(9-13(12)2)17-10-19(23(24,25)26)32-20(28-17)11-18(30-32)22(34)27-7-8-31-15(4)21(33(35)36)14(3)29-31/h5-6,9-11H,7-8H2,1-4H3,(H,27,34). The summed E-state index contributed by atoms with van der Waals surface area (Å²) in [4.78, 5) is 27.5. The van der Waals surface area contributed by atoms with Gasteiger partial charge in [0, 0.05) is 18.2 Å². The van der Waals surface area contributed by atoms with Crippen molar-refractivity contribution in [3.63, 3.8) is 0 Å². The Bertz CT molecular complexity index is 1510. The van der Waals surface area contributed by atoms with E-state index in [2.05, 4.69) is 20.5 Å². The Balaban J connectivity index is 1.61. The van der Waals surface area contributed by atoms with Gasteiger partial charge in [-0.25, -0.2) is 9.50 Å². The number of benzene rings is 1. The van der Waals surface area contributed by atoms with Crippen LogP contribution >= 0.6 is 0 Å². The number of carbonyl (C=O) groups excluding carboxylic acids is 1. The van der Waals surface area contributed by atoms with Gasteiger partial charge in [-0.2, -0.15) is 23.4 Å². The van der Waals surface area contributed by atoms with Crippen LogP contribution in [0.15, 0.2) is 30.3 Å². The van der Waals surface area contributed by atoms with Gasteiger partial charge in [-0.15, -0.1) is 0 Å². The smallest absolute Gasteiger partial charge is 0.349 e. The first-order valence-corrected chi connectivity index (χ1v) is 10.9. The zero-order chi connectivity index (χ0) is 26.4. The molecule has 0 aliphatic heterocycles. The van der Waals surface area contributed by atoms with Crippen LogP contribution < -0.4 is 5.32 Å². The Hall–Kier alpha value is -4.29. The molecule has 36 heavy (non-hydrogen) atoms. The van der Waals surface area contributed by atoms with E-state index in [1.54, 1.807) is 25.1 Å². The molecule has 0 saturated carbocycles. The van der Waals surface area contributed by atoms with E-state index < -0.39 is 22.7 Å². The number of nitro groups is 1. The second-order valence-corrected chi connectivity index (χ2v) is 8.38. The van der Waals surface area contributed by atoms with Crippen LogP contribution in [0.4, 0.5) is 18.9 Å². The van der Waals surface area contributed by atoms with Crippen LogP contribution in [0.2, 0.25) is 0 Å². The summed E-state index contributed by atoms with van der Waals surface area (Å²) in [7, 11) is 0. The molecule has 3 heterocycles. The van der Waals surface area contributed by atoms with E-state index in [1.165, 1.54) is 17.7 Å². The number of nitrogens with zero attached hydrogens (tertiary/aromatic N) is 6. The van der Waals surface area contributed by atoms with Gasteiger partial charge >= 0.3 is 11.9 Å². The molecule has 188 valence electrons. The van der Waals surface area contributed by atoms with E-state index in [0.29, 0.717) is 15.8 Å². The molecule has 0 radical (unpaired) electrons. The molecule has 10 nitrogen and oxygen atoms in total. The second-order valence-electron chi connectivity index (χ2n) is 8.38. The lowest BCUT2D eigenvalue weighted by Gasteiger charge is -2.11. The van der Waals surface area contributed by atoms with Gasteiger partial charge in [0.2, 0.25) is 0 Å². The van der Waals surface area contributed by atoms with Crippen LogP contribution in [0.25, 0.3) is 16.9 Å². The quantitative estimate of drug-likeness (QED) is 0.313. The van der Waals surface area contributed by atoms with Crippen molar-refractivity contribution in [1.82, 2.24) is 29.7 Å². The number of hydrogen-bond acceptors (Lipinski definition) is 6. The van der Waals surface area contributed by atoms with Gasteiger partial charge in [-0.05, 0) is 51.0 Å². The van der Waals surface area contributed by atoms with Crippen molar-refractivity contribution in [3.05, 3.63) is 74.3 Å². The first kappa shape index (κ1) is 24.8. The van der Waals surface area contributed by atoms with E-state index in [-0.39, 0.29) is 41.5 Å². The van der Waals surface area contributed by atoms with Crippen LogP contribution in [0.5, 0.6) is 0 Å². The maximum absolute atomic E-state index is 13.8. The molecule has 3 aromatic heterocycles. The highest BCUT2D eigenvalue weighted by Crippen LogP contribution is 2.32. The van der Waals surface area contributed by atoms with Crippen molar-refractivity contribution in [3.8, 4) is 11.3 Å². The summed E-state index contributed by atoms with van der Waals surface area (Å²) >= 11 is 0. The predicted octanol–water partition coefficient (Wildman–Crippen LogP) is 4.18. The number of aromatic nitrogens is 5. The highest BCUT2D eigenvalue weighted by Gasteiger charge is 2.35. The lowest BCUT2D eigenvalue weighted by Crippen LogP contribution is -2.28. The topological polar surface area (TPSA) is 120 Å². The van der Waals surface area contributed by atoms with E-state index in [1.807, 2.05) is 13.8 Å². The zero-order valence-electron chi connectivity index (χ0n) is 19.8. The molecule has 1 N–H and O–H groups in total. The summed E-state index contributed by atoms with van der Waals surface area (Å²) in [6, 6.07) is 7.33. The fraction of sp³-hybridized carbons (Fsp3) is 0.304. The van der Waals surface area contributed by atoms with Gasteiger partial charge in [-0.3, -0.25) is 19.6 Å². The molecule has 0 aliphatic carbocycles. The van der Waals surface area contributed by atoms with E-state index in [9.17, 15) is 28.1 Å². The summed E-state index contributed by atoms with van der Waals surface area (Å²) in [5, 5.41) is 21.6. The molecule has 0 aliphatic rings. The SMILES string of the molecule is Cc1ccc(-c2cc(C(F)(F)F)n3nc(C(=O)NCCn4nc(C)c([N+](=O)[O-])c4C)cc3n2)cc1C. The molecule has 0 atom stereocenters. The van der Waals surface area contributed by atoms with Gasteiger partial charge in [-0.1, -0.05) is 12.1 Å². The number of rotatable bonds is 6. The number of aryl methyl sites for hydroxylation is 3. The highest BCUT2D eigenvalue weighted by molar-refractivity contribution is 5.93. The molecule has 0 bridgehead atoms. The summed E-state index contributed by atoms with van der Waals surface area (Å²) in [6.45, 7) is 6.96. The molecule has 0 saturated heterocycles. The van der Waals surface area contributed by atoms with Crippen molar-refractivity contribution in [2.75, 3.05) is 6.54 Å². The van der Waals surface area contributed by atoms with Crippen LogP contribution in [0, 0.1) is 37.8 Å². The predicted molar refractivity (Wildman–Crippen MR) is 124 cm³/mol. The van der Waals surface area contributed by atoms with Crippen molar-refractivity contribution in [1.29, 1.82) is 0 Å². The molecule has 0 fully saturated rings. The molecule has 0 spiro atoms. The molecule has 0 unspecified atom stereocenters. The Morgan fingerprint density at radius 3 is 2.42 bits per heavy atom. The summed E-state index contributed by atoms with van der Waals surface area (Å²) in [5.41, 5.74) is 1.56. The third-order valence-corrected chi connectivity index (χ3v) is 5.89. The fourth-order valence-corrected chi connectivity index (χ4v) is 3.87. The molecule has 4 rings (SSSR count). The second kappa shape index (κ2) is 9.06. The van der Waals surface area contributed by atoms with Crippen molar-refractivity contribution in [2.45, 2.75) is 40.4 Å². The Morgan fingerprint density at radius 2 is 1.81 bits per heavy atom. The molecule has 4 aromatic rings. The van der Waals surface area contributed by atoms with E-state index in [4.69, 9.17) is 0 Å². The van der Waals surface area contributed by atoms with Crippen molar-refractivity contribution in [2.24, 2.45) is 0 Å². The van der Waals surface area contributed by atoms with Crippen molar-refractivity contribution >= 4 is 17.2 Å². The number of carbonyl (C=O) groups is 1. The monoisotopic (exact) mass is 501 g/mol. The zero-order valence-corrected chi connectivity index (χ0v) is 19.8. The van der Waals surface area contributed by atoms with Crippen LogP contribution in [-0.2, 0) is 12.7 Å². The number of hydrogen-bond donors (Lipinski definition) is 1. The lowest BCUT2D eigenvalue weighted by atomic mass is 10.0. The molecule has 1 amide bonds.